The summed E-state index contributed by atoms with van der Waals surface area (Å²) in [7, 11) is 1.64. The number of hydrogen-bond acceptors (Lipinski definition) is 3. The monoisotopic (exact) mass is 304 g/mol. The van der Waals surface area contributed by atoms with Crippen LogP contribution >= 0.6 is 0 Å². The van der Waals surface area contributed by atoms with Gasteiger partial charge in [-0.05, 0) is 32.9 Å². The second-order valence-electron chi connectivity index (χ2n) is 5.33. The highest BCUT2D eigenvalue weighted by Crippen LogP contribution is 2.23. The van der Waals surface area contributed by atoms with E-state index < -0.39 is 18.6 Å². The van der Waals surface area contributed by atoms with Crippen molar-refractivity contribution in [2.75, 3.05) is 19.6 Å². The van der Waals surface area contributed by atoms with Crippen molar-refractivity contribution in [3.8, 4) is 0 Å². The Morgan fingerprint density at radius 2 is 2.10 bits per heavy atom. The number of halogens is 3. The summed E-state index contributed by atoms with van der Waals surface area (Å²) in [4.78, 5) is 13.5. The number of rotatable bonds is 3. The molecule has 1 aromatic rings. The molecule has 1 N–H and O–H groups in total. The van der Waals surface area contributed by atoms with Crippen LogP contribution in [0.2, 0.25) is 0 Å². The Hall–Kier alpha value is -1.57. The SMILES string of the molecule is Cc1nn(C)cc1C(=O)N(CC(F)(F)F)C1CCNCC1. The molecule has 0 saturated carbocycles. The number of piperidine rings is 1. The summed E-state index contributed by atoms with van der Waals surface area (Å²) in [6.07, 6.45) is -1.87. The van der Waals surface area contributed by atoms with E-state index in [1.165, 1.54) is 10.9 Å². The van der Waals surface area contributed by atoms with Gasteiger partial charge in [-0.2, -0.15) is 18.3 Å². The molecule has 1 aliphatic rings. The van der Waals surface area contributed by atoms with Crippen LogP contribution in [0.25, 0.3) is 0 Å². The van der Waals surface area contributed by atoms with Crippen molar-refractivity contribution in [3.63, 3.8) is 0 Å². The lowest BCUT2D eigenvalue weighted by atomic mass is 10.0. The minimum absolute atomic E-state index is 0.236. The summed E-state index contributed by atoms with van der Waals surface area (Å²) >= 11 is 0. The molecular weight excluding hydrogens is 285 g/mol. The van der Waals surface area contributed by atoms with Crippen LogP contribution < -0.4 is 5.32 Å². The van der Waals surface area contributed by atoms with Crippen LogP contribution in [0.15, 0.2) is 6.20 Å². The first-order valence-electron chi connectivity index (χ1n) is 6.86. The fourth-order valence-corrected chi connectivity index (χ4v) is 2.64. The van der Waals surface area contributed by atoms with Gasteiger partial charge in [-0.25, -0.2) is 0 Å². The number of amides is 1. The molecule has 0 unspecified atom stereocenters. The van der Waals surface area contributed by atoms with E-state index in [1.54, 1.807) is 14.0 Å². The lowest BCUT2D eigenvalue weighted by molar-refractivity contribution is -0.145. The second kappa shape index (κ2) is 6.05. The molecule has 0 aliphatic carbocycles. The molecule has 0 spiro atoms. The Kier molecular flexibility index (Phi) is 4.55. The first-order chi connectivity index (χ1) is 9.78. The number of nitrogens with zero attached hydrogens (tertiary/aromatic N) is 3. The standard InChI is InChI=1S/C13H19F3N4O/c1-9-11(7-19(2)18-9)12(21)20(8-13(14,15)16)10-3-5-17-6-4-10/h7,10,17H,3-6,8H2,1-2H3. The van der Waals surface area contributed by atoms with Crippen molar-refractivity contribution in [1.29, 1.82) is 0 Å². The van der Waals surface area contributed by atoms with E-state index in [-0.39, 0.29) is 11.6 Å². The van der Waals surface area contributed by atoms with Gasteiger partial charge < -0.3 is 10.2 Å². The topological polar surface area (TPSA) is 50.2 Å². The first-order valence-corrected chi connectivity index (χ1v) is 6.86. The summed E-state index contributed by atoms with van der Waals surface area (Å²) in [6.45, 7) is 1.66. The summed E-state index contributed by atoms with van der Waals surface area (Å²) in [5, 5.41) is 7.12. The molecule has 0 atom stereocenters. The normalized spacial score (nSPS) is 17.0. The number of aryl methyl sites for hydroxylation is 2. The molecule has 0 bridgehead atoms. The smallest absolute Gasteiger partial charge is 0.326 e. The van der Waals surface area contributed by atoms with Crippen LogP contribution in [-0.4, -0.2) is 52.4 Å². The summed E-state index contributed by atoms with van der Waals surface area (Å²) < 4.78 is 39.9. The predicted molar refractivity (Wildman–Crippen MR) is 70.9 cm³/mol. The molecule has 8 heteroatoms. The number of carbonyl (C=O) groups excluding carboxylic acids is 1. The number of alkyl halides is 3. The third-order valence-corrected chi connectivity index (χ3v) is 3.60. The van der Waals surface area contributed by atoms with Gasteiger partial charge in [0.15, 0.2) is 0 Å². The Balaban J connectivity index is 2.25. The Labute approximate surface area is 121 Å². The van der Waals surface area contributed by atoms with Gasteiger partial charge in [0, 0.05) is 19.3 Å². The first kappa shape index (κ1) is 15.8. The van der Waals surface area contributed by atoms with Crippen molar-refractivity contribution in [2.24, 2.45) is 7.05 Å². The average molecular weight is 304 g/mol. The van der Waals surface area contributed by atoms with E-state index in [9.17, 15) is 18.0 Å². The second-order valence-corrected chi connectivity index (χ2v) is 5.33. The van der Waals surface area contributed by atoms with Crippen LogP contribution in [0.5, 0.6) is 0 Å². The van der Waals surface area contributed by atoms with Gasteiger partial charge in [0.05, 0.1) is 11.3 Å². The van der Waals surface area contributed by atoms with Crippen LogP contribution in [-0.2, 0) is 7.05 Å². The molecule has 1 aromatic heterocycles. The number of aromatic nitrogens is 2. The molecule has 1 saturated heterocycles. The Morgan fingerprint density at radius 1 is 1.48 bits per heavy atom. The Morgan fingerprint density at radius 3 is 2.57 bits per heavy atom. The molecule has 1 aliphatic heterocycles. The van der Waals surface area contributed by atoms with Crippen molar-refractivity contribution in [2.45, 2.75) is 32.0 Å². The van der Waals surface area contributed by atoms with Crippen LogP contribution in [0, 0.1) is 6.92 Å². The van der Waals surface area contributed by atoms with Gasteiger partial charge in [-0.15, -0.1) is 0 Å². The predicted octanol–water partition coefficient (Wildman–Crippen LogP) is 1.49. The number of carbonyl (C=O) groups is 1. The van der Waals surface area contributed by atoms with E-state index in [0.29, 0.717) is 31.6 Å². The zero-order chi connectivity index (χ0) is 15.6. The van der Waals surface area contributed by atoms with E-state index >= 15 is 0 Å². The molecule has 21 heavy (non-hydrogen) atoms. The maximum atomic E-state index is 12.8. The van der Waals surface area contributed by atoms with Gasteiger partial charge in [-0.1, -0.05) is 0 Å². The van der Waals surface area contributed by atoms with E-state index in [4.69, 9.17) is 0 Å². The average Bonchev–Trinajstić information content (AvgIpc) is 2.74. The minimum Gasteiger partial charge on any atom is -0.326 e. The summed E-state index contributed by atoms with van der Waals surface area (Å²) in [6, 6.07) is -0.389. The van der Waals surface area contributed by atoms with Crippen molar-refractivity contribution >= 4 is 5.91 Å². The van der Waals surface area contributed by atoms with Crippen LogP contribution in [0.4, 0.5) is 13.2 Å². The van der Waals surface area contributed by atoms with Gasteiger partial charge >= 0.3 is 6.18 Å². The highest BCUT2D eigenvalue weighted by molar-refractivity contribution is 5.95. The summed E-state index contributed by atoms with van der Waals surface area (Å²) in [5.41, 5.74) is 0.684. The highest BCUT2D eigenvalue weighted by atomic mass is 19.4. The molecule has 118 valence electrons. The maximum Gasteiger partial charge on any atom is 0.406 e. The van der Waals surface area contributed by atoms with Gasteiger partial charge in [0.25, 0.3) is 5.91 Å². The maximum absolute atomic E-state index is 12.8. The number of hydrogen-bond donors (Lipinski definition) is 1. The highest BCUT2D eigenvalue weighted by Gasteiger charge is 2.37. The van der Waals surface area contributed by atoms with Gasteiger partial charge in [-0.3, -0.25) is 9.48 Å². The van der Waals surface area contributed by atoms with Gasteiger partial charge in [0.1, 0.15) is 6.54 Å². The molecule has 1 amide bonds. The molecule has 5 nitrogen and oxygen atoms in total. The lowest BCUT2D eigenvalue weighted by Gasteiger charge is -2.35. The van der Waals surface area contributed by atoms with E-state index in [2.05, 4.69) is 10.4 Å². The molecule has 0 aromatic carbocycles. The summed E-state index contributed by atoms with van der Waals surface area (Å²) in [5.74, 6) is -0.593. The minimum atomic E-state index is -4.41. The van der Waals surface area contributed by atoms with Crippen molar-refractivity contribution < 1.29 is 18.0 Å². The third kappa shape index (κ3) is 3.96. The molecule has 2 heterocycles. The lowest BCUT2D eigenvalue weighted by Crippen LogP contribution is -2.49. The zero-order valence-corrected chi connectivity index (χ0v) is 12.1. The van der Waals surface area contributed by atoms with Crippen LogP contribution in [0.3, 0.4) is 0 Å². The fraction of sp³-hybridized carbons (Fsp3) is 0.692. The molecular formula is C13H19F3N4O. The molecule has 0 radical (unpaired) electrons. The Bertz CT molecular complexity index is 506. The third-order valence-electron chi connectivity index (χ3n) is 3.60. The van der Waals surface area contributed by atoms with Crippen molar-refractivity contribution in [3.05, 3.63) is 17.5 Å². The van der Waals surface area contributed by atoms with Crippen LogP contribution in [0.1, 0.15) is 28.9 Å². The van der Waals surface area contributed by atoms with Gasteiger partial charge in [0.2, 0.25) is 0 Å². The largest absolute Gasteiger partial charge is 0.406 e. The van der Waals surface area contributed by atoms with E-state index in [1.807, 2.05) is 0 Å². The van der Waals surface area contributed by atoms with E-state index in [0.717, 1.165) is 4.90 Å². The quantitative estimate of drug-likeness (QED) is 0.920. The van der Waals surface area contributed by atoms with Crippen molar-refractivity contribution in [1.82, 2.24) is 20.0 Å². The molecule has 1 fully saturated rings. The fourth-order valence-electron chi connectivity index (χ4n) is 2.64. The number of nitrogens with one attached hydrogen (secondary N) is 1. The molecule has 2 rings (SSSR count). The zero-order valence-electron chi connectivity index (χ0n) is 12.1.